The van der Waals surface area contributed by atoms with E-state index < -0.39 is 0 Å². The lowest BCUT2D eigenvalue weighted by molar-refractivity contribution is 0.358. The summed E-state index contributed by atoms with van der Waals surface area (Å²) >= 11 is 0. The molecule has 1 aromatic carbocycles. The Morgan fingerprint density at radius 3 is 2.44 bits per heavy atom. The lowest BCUT2D eigenvalue weighted by atomic mass is 10.0. The molecule has 1 aliphatic rings. The zero-order valence-electron chi connectivity index (χ0n) is 16.9. The van der Waals surface area contributed by atoms with Crippen LogP contribution in [0.15, 0.2) is 28.8 Å². The highest BCUT2D eigenvalue weighted by molar-refractivity contribution is 5.54. The topological polar surface area (TPSA) is 51.0 Å². The van der Waals surface area contributed by atoms with Gasteiger partial charge in [-0.05, 0) is 43.8 Å². The molecule has 0 amide bonds. The molecule has 2 heterocycles. The Morgan fingerprint density at radius 2 is 1.74 bits per heavy atom. The minimum Gasteiger partial charge on any atom is -0.339 e. The van der Waals surface area contributed by atoms with E-state index in [1.807, 2.05) is 0 Å². The lowest BCUT2D eigenvalue weighted by Gasteiger charge is -2.03. The van der Waals surface area contributed by atoms with Crippen molar-refractivity contribution >= 4 is 0 Å². The first-order valence-corrected chi connectivity index (χ1v) is 11.0. The van der Waals surface area contributed by atoms with Crippen LogP contribution < -0.4 is 5.32 Å². The van der Waals surface area contributed by atoms with Crippen LogP contribution in [0, 0.1) is 5.92 Å². The Hall–Kier alpha value is -1.68. The number of nitrogens with zero attached hydrogens (tertiary/aromatic N) is 2. The Bertz CT molecular complexity index is 644. The molecule has 2 aromatic rings. The van der Waals surface area contributed by atoms with E-state index in [0.29, 0.717) is 5.92 Å². The number of nitrogens with one attached hydrogen (secondary N) is 1. The van der Waals surface area contributed by atoms with E-state index in [1.165, 1.54) is 69.8 Å². The van der Waals surface area contributed by atoms with Gasteiger partial charge in [0.2, 0.25) is 11.7 Å². The molecule has 1 N–H and O–H groups in total. The summed E-state index contributed by atoms with van der Waals surface area (Å²) in [5.41, 5.74) is 2.46. The van der Waals surface area contributed by atoms with Crippen molar-refractivity contribution in [1.29, 1.82) is 0 Å². The molecule has 3 rings (SSSR count). The third-order valence-corrected chi connectivity index (χ3v) is 5.62. The third-order valence-electron chi connectivity index (χ3n) is 5.62. The molecule has 0 aliphatic carbocycles. The molecule has 0 bridgehead atoms. The van der Waals surface area contributed by atoms with Crippen LogP contribution in [0.2, 0.25) is 0 Å². The zero-order valence-corrected chi connectivity index (χ0v) is 16.9. The minimum absolute atomic E-state index is 0.632. The highest BCUT2D eigenvalue weighted by Gasteiger charge is 2.18. The van der Waals surface area contributed by atoms with E-state index in [2.05, 4.69) is 46.6 Å². The first kappa shape index (κ1) is 20.1. The molecule has 27 heavy (non-hydrogen) atoms. The van der Waals surface area contributed by atoms with E-state index in [1.54, 1.807) is 0 Å². The lowest BCUT2D eigenvalue weighted by Crippen LogP contribution is -2.10. The second kappa shape index (κ2) is 11.2. The highest BCUT2D eigenvalue weighted by Crippen LogP contribution is 2.20. The van der Waals surface area contributed by atoms with Crippen molar-refractivity contribution in [3.05, 3.63) is 35.7 Å². The van der Waals surface area contributed by atoms with Gasteiger partial charge < -0.3 is 9.84 Å². The quantitative estimate of drug-likeness (QED) is 0.497. The molecule has 1 atom stereocenters. The number of aromatic nitrogens is 2. The Balaban J connectivity index is 1.37. The normalized spacial score (nSPS) is 16.9. The molecule has 0 radical (unpaired) electrons. The molecule has 0 saturated carbocycles. The van der Waals surface area contributed by atoms with Crippen molar-refractivity contribution in [3.63, 3.8) is 0 Å². The summed E-state index contributed by atoms with van der Waals surface area (Å²) in [6.45, 7) is 4.44. The molecule has 148 valence electrons. The molecule has 1 unspecified atom stereocenters. The molecule has 1 fully saturated rings. The van der Waals surface area contributed by atoms with Crippen LogP contribution in [0.3, 0.4) is 0 Å². The second-order valence-corrected chi connectivity index (χ2v) is 8.00. The number of benzene rings is 1. The smallest absolute Gasteiger partial charge is 0.227 e. The summed E-state index contributed by atoms with van der Waals surface area (Å²) in [5, 5.41) is 7.55. The van der Waals surface area contributed by atoms with Gasteiger partial charge in [-0.2, -0.15) is 4.98 Å². The number of hydrogen-bond donors (Lipinski definition) is 1. The van der Waals surface area contributed by atoms with Crippen molar-refractivity contribution in [2.24, 2.45) is 5.92 Å². The predicted molar refractivity (Wildman–Crippen MR) is 111 cm³/mol. The molecule has 1 aromatic heterocycles. The van der Waals surface area contributed by atoms with Crippen molar-refractivity contribution in [1.82, 2.24) is 15.5 Å². The maximum atomic E-state index is 5.45. The van der Waals surface area contributed by atoms with Gasteiger partial charge in [-0.15, -0.1) is 0 Å². The molecule has 1 saturated heterocycles. The monoisotopic (exact) mass is 369 g/mol. The van der Waals surface area contributed by atoms with Crippen molar-refractivity contribution in [2.45, 2.75) is 77.6 Å². The maximum absolute atomic E-state index is 5.45. The van der Waals surface area contributed by atoms with Crippen LogP contribution >= 0.6 is 0 Å². The van der Waals surface area contributed by atoms with Crippen LogP contribution in [0.5, 0.6) is 0 Å². The van der Waals surface area contributed by atoms with Crippen LogP contribution in [0.4, 0.5) is 0 Å². The van der Waals surface area contributed by atoms with E-state index in [0.717, 1.165) is 36.8 Å². The van der Waals surface area contributed by atoms with Gasteiger partial charge in [0.05, 0.1) is 0 Å². The number of rotatable bonds is 12. The van der Waals surface area contributed by atoms with Crippen molar-refractivity contribution < 1.29 is 4.52 Å². The standard InChI is InChI=1S/C23H35N3O/c1-2-3-4-5-6-7-8-9-10-19-11-13-21(14-12-19)23-25-22(27-26-23)17-20-15-16-24-18-20/h11-14,20,24H,2-10,15-18H2,1H3. The number of aryl methyl sites for hydroxylation is 1. The Labute approximate surface area is 164 Å². The van der Waals surface area contributed by atoms with Gasteiger partial charge in [-0.3, -0.25) is 0 Å². The fourth-order valence-corrected chi connectivity index (χ4v) is 3.87. The van der Waals surface area contributed by atoms with Gasteiger partial charge in [0.25, 0.3) is 0 Å². The van der Waals surface area contributed by atoms with E-state index in [-0.39, 0.29) is 0 Å². The SMILES string of the molecule is CCCCCCCCCCc1ccc(-c2noc(CC3CCNC3)n2)cc1. The zero-order chi connectivity index (χ0) is 18.7. The van der Waals surface area contributed by atoms with E-state index in [4.69, 9.17) is 4.52 Å². The fourth-order valence-electron chi connectivity index (χ4n) is 3.87. The van der Waals surface area contributed by atoms with Gasteiger partial charge >= 0.3 is 0 Å². The molecule has 0 spiro atoms. The molecule has 1 aliphatic heterocycles. The average Bonchev–Trinajstić information content (AvgIpc) is 3.37. The van der Waals surface area contributed by atoms with Crippen LogP contribution in [0.25, 0.3) is 11.4 Å². The summed E-state index contributed by atoms with van der Waals surface area (Å²) in [6, 6.07) is 8.69. The van der Waals surface area contributed by atoms with E-state index in [9.17, 15) is 0 Å². The van der Waals surface area contributed by atoms with Gasteiger partial charge in [-0.1, -0.05) is 81.3 Å². The summed E-state index contributed by atoms with van der Waals surface area (Å²) < 4.78 is 5.45. The van der Waals surface area contributed by atoms with Crippen LogP contribution in [-0.4, -0.2) is 23.2 Å². The van der Waals surface area contributed by atoms with Gasteiger partial charge in [0.15, 0.2) is 0 Å². The first-order chi connectivity index (χ1) is 13.3. The highest BCUT2D eigenvalue weighted by atomic mass is 16.5. The number of unbranched alkanes of at least 4 members (excludes halogenated alkanes) is 7. The summed E-state index contributed by atoms with van der Waals surface area (Å²) in [7, 11) is 0. The second-order valence-electron chi connectivity index (χ2n) is 8.00. The fraction of sp³-hybridized carbons (Fsp3) is 0.652. The van der Waals surface area contributed by atoms with Gasteiger partial charge in [-0.25, -0.2) is 0 Å². The first-order valence-electron chi connectivity index (χ1n) is 11.0. The molecular formula is C23H35N3O. The van der Waals surface area contributed by atoms with Gasteiger partial charge in [0, 0.05) is 12.0 Å². The van der Waals surface area contributed by atoms with Crippen molar-refractivity contribution in [2.75, 3.05) is 13.1 Å². The molecular weight excluding hydrogens is 334 g/mol. The van der Waals surface area contributed by atoms with Crippen molar-refractivity contribution in [3.8, 4) is 11.4 Å². The van der Waals surface area contributed by atoms with Gasteiger partial charge in [0.1, 0.15) is 0 Å². The Kier molecular flexibility index (Phi) is 8.34. The Morgan fingerprint density at radius 1 is 1.00 bits per heavy atom. The predicted octanol–water partition coefficient (Wildman–Crippen LogP) is 5.57. The largest absolute Gasteiger partial charge is 0.339 e. The summed E-state index contributed by atoms with van der Waals surface area (Å²) in [4.78, 5) is 4.59. The molecule has 4 heteroatoms. The van der Waals surface area contributed by atoms with Crippen LogP contribution in [-0.2, 0) is 12.8 Å². The third kappa shape index (κ3) is 6.76. The van der Waals surface area contributed by atoms with E-state index >= 15 is 0 Å². The maximum Gasteiger partial charge on any atom is 0.227 e. The summed E-state index contributed by atoms with van der Waals surface area (Å²) in [6.07, 6.45) is 14.2. The number of hydrogen-bond acceptors (Lipinski definition) is 4. The molecule has 4 nitrogen and oxygen atoms in total. The average molecular weight is 370 g/mol. The van der Waals surface area contributed by atoms with Crippen LogP contribution in [0.1, 0.15) is 76.2 Å². The summed E-state index contributed by atoms with van der Waals surface area (Å²) in [5.74, 6) is 2.11. The minimum atomic E-state index is 0.632.